The number of carbonyl (C=O) groups excluding carboxylic acids is 1. The van der Waals surface area contributed by atoms with Crippen LogP contribution in [0.3, 0.4) is 0 Å². The molecule has 32 heavy (non-hydrogen) atoms. The topological polar surface area (TPSA) is 110 Å². The van der Waals surface area contributed by atoms with Crippen LogP contribution in [0.5, 0.6) is 5.75 Å². The molecule has 0 bridgehead atoms. The van der Waals surface area contributed by atoms with Gasteiger partial charge >= 0.3 is 0 Å². The third-order valence-electron chi connectivity index (χ3n) is 4.51. The van der Waals surface area contributed by atoms with Crippen LogP contribution < -0.4 is 14.8 Å². The van der Waals surface area contributed by atoms with Crippen molar-refractivity contribution >= 4 is 27.6 Å². The summed E-state index contributed by atoms with van der Waals surface area (Å²) in [6, 6.07) is 14.5. The van der Waals surface area contributed by atoms with Crippen molar-refractivity contribution in [2.24, 2.45) is 0 Å². The molecule has 0 aliphatic rings. The predicted molar refractivity (Wildman–Crippen MR) is 124 cm³/mol. The highest BCUT2D eigenvalue weighted by molar-refractivity contribution is 7.92. The lowest BCUT2D eigenvalue weighted by molar-refractivity contribution is 0.102. The first-order valence-electron chi connectivity index (χ1n) is 10.3. The van der Waals surface area contributed by atoms with E-state index in [-0.39, 0.29) is 16.8 Å². The SMILES string of the molecule is CCCCOc1ccc(C(=O)Nc2ccc(S(=O)(=O)Nc3nc(C)cc(C)n3)cc2)cc1. The zero-order valence-electron chi connectivity index (χ0n) is 18.3. The number of nitrogens with one attached hydrogen (secondary N) is 2. The molecule has 3 aromatic rings. The van der Waals surface area contributed by atoms with Crippen LogP contribution in [-0.4, -0.2) is 30.9 Å². The first kappa shape index (κ1) is 23.2. The van der Waals surface area contributed by atoms with Gasteiger partial charge in [0.15, 0.2) is 0 Å². The van der Waals surface area contributed by atoms with E-state index in [1.807, 2.05) is 0 Å². The maximum Gasteiger partial charge on any atom is 0.264 e. The lowest BCUT2D eigenvalue weighted by Crippen LogP contribution is -2.16. The van der Waals surface area contributed by atoms with Crippen LogP contribution in [0, 0.1) is 13.8 Å². The molecule has 1 amide bonds. The Morgan fingerprint density at radius 3 is 2.19 bits per heavy atom. The largest absolute Gasteiger partial charge is 0.494 e. The van der Waals surface area contributed by atoms with Crippen LogP contribution in [0.15, 0.2) is 59.5 Å². The number of nitrogens with zero attached hydrogens (tertiary/aromatic N) is 2. The van der Waals surface area contributed by atoms with E-state index in [2.05, 4.69) is 26.9 Å². The predicted octanol–water partition coefficient (Wildman–Crippen LogP) is 4.33. The number of aromatic nitrogens is 2. The molecule has 0 saturated carbocycles. The van der Waals surface area contributed by atoms with Gasteiger partial charge in [0.05, 0.1) is 11.5 Å². The summed E-state index contributed by atoms with van der Waals surface area (Å²) in [6.07, 6.45) is 2.02. The molecule has 8 nitrogen and oxygen atoms in total. The number of carbonyl (C=O) groups is 1. The number of unbranched alkanes of at least 4 members (excludes halogenated alkanes) is 1. The minimum atomic E-state index is -3.86. The molecule has 1 heterocycles. The Morgan fingerprint density at radius 1 is 0.969 bits per heavy atom. The molecular weight excluding hydrogens is 428 g/mol. The fraction of sp³-hybridized carbons (Fsp3) is 0.261. The number of sulfonamides is 1. The quantitative estimate of drug-likeness (QED) is 0.466. The molecule has 2 aromatic carbocycles. The van der Waals surface area contributed by atoms with Crippen LogP contribution in [0.4, 0.5) is 11.6 Å². The summed E-state index contributed by atoms with van der Waals surface area (Å²) in [5, 5.41) is 2.75. The normalized spacial score (nSPS) is 11.1. The van der Waals surface area contributed by atoms with Gasteiger partial charge in [-0.05, 0) is 74.9 Å². The summed E-state index contributed by atoms with van der Waals surface area (Å²) in [7, 11) is -3.86. The lowest BCUT2D eigenvalue weighted by atomic mass is 10.2. The number of hydrogen-bond acceptors (Lipinski definition) is 6. The van der Waals surface area contributed by atoms with Crippen LogP contribution in [-0.2, 0) is 10.0 Å². The second kappa shape index (κ2) is 10.2. The second-order valence-electron chi connectivity index (χ2n) is 7.28. The summed E-state index contributed by atoms with van der Waals surface area (Å²) in [5.74, 6) is 0.425. The lowest BCUT2D eigenvalue weighted by Gasteiger charge is -2.10. The molecule has 0 aliphatic heterocycles. The van der Waals surface area contributed by atoms with Gasteiger partial charge in [-0.3, -0.25) is 4.79 Å². The molecule has 0 aliphatic carbocycles. The first-order valence-corrected chi connectivity index (χ1v) is 11.7. The Kier molecular flexibility index (Phi) is 7.42. The van der Waals surface area contributed by atoms with Gasteiger partial charge in [-0.25, -0.2) is 23.1 Å². The molecule has 3 rings (SSSR count). The zero-order chi connectivity index (χ0) is 23.1. The van der Waals surface area contributed by atoms with E-state index < -0.39 is 10.0 Å². The molecule has 168 valence electrons. The molecular formula is C23H26N4O4S. The molecule has 1 aromatic heterocycles. The van der Waals surface area contributed by atoms with Crippen molar-refractivity contribution in [2.75, 3.05) is 16.6 Å². The molecule has 2 N–H and O–H groups in total. The molecule has 0 unspecified atom stereocenters. The van der Waals surface area contributed by atoms with Crippen molar-refractivity contribution < 1.29 is 17.9 Å². The first-order chi connectivity index (χ1) is 15.3. The van der Waals surface area contributed by atoms with Crippen molar-refractivity contribution in [2.45, 2.75) is 38.5 Å². The van der Waals surface area contributed by atoms with Gasteiger partial charge in [-0.2, -0.15) is 0 Å². The average molecular weight is 455 g/mol. The van der Waals surface area contributed by atoms with Crippen molar-refractivity contribution in [3.8, 4) is 5.75 Å². The van der Waals surface area contributed by atoms with Crippen molar-refractivity contribution in [1.82, 2.24) is 9.97 Å². The number of ether oxygens (including phenoxy) is 1. The van der Waals surface area contributed by atoms with Gasteiger partial charge < -0.3 is 10.1 Å². The maximum absolute atomic E-state index is 12.6. The van der Waals surface area contributed by atoms with Crippen molar-refractivity contribution in [3.05, 3.63) is 71.5 Å². The number of anilines is 2. The molecule has 9 heteroatoms. The number of hydrogen-bond donors (Lipinski definition) is 2. The van der Waals surface area contributed by atoms with E-state index in [0.29, 0.717) is 35.0 Å². The van der Waals surface area contributed by atoms with Gasteiger partial charge in [-0.15, -0.1) is 0 Å². The fourth-order valence-corrected chi connectivity index (χ4v) is 3.85. The Hall–Kier alpha value is -3.46. The van der Waals surface area contributed by atoms with E-state index in [9.17, 15) is 13.2 Å². The van der Waals surface area contributed by atoms with Crippen LogP contribution in [0.2, 0.25) is 0 Å². The van der Waals surface area contributed by atoms with E-state index in [1.165, 1.54) is 24.3 Å². The number of benzene rings is 2. The third-order valence-corrected chi connectivity index (χ3v) is 5.86. The minimum absolute atomic E-state index is 0.0157. The minimum Gasteiger partial charge on any atom is -0.494 e. The molecule has 0 atom stereocenters. The van der Waals surface area contributed by atoms with Crippen LogP contribution in [0.1, 0.15) is 41.5 Å². The van der Waals surface area contributed by atoms with Gasteiger partial charge in [-0.1, -0.05) is 13.3 Å². The molecule has 0 saturated heterocycles. The third kappa shape index (κ3) is 6.27. The summed E-state index contributed by atoms with van der Waals surface area (Å²) >= 11 is 0. The highest BCUT2D eigenvalue weighted by Gasteiger charge is 2.16. The Morgan fingerprint density at radius 2 is 1.59 bits per heavy atom. The van der Waals surface area contributed by atoms with Gasteiger partial charge in [0.25, 0.3) is 15.9 Å². The maximum atomic E-state index is 12.6. The Labute approximate surface area is 188 Å². The second-order valence-corrected chi connectivity index (χ2v) is 8.97. The highest BCUT2D eigenvalue weighted by Crippen LogP contribution is 2.19. The molecule has 0 spiro atoms. The number of aryl methyl sites for hydroxylation is 2. The Bertz CT molecular complexity index is 1160. The summed E-state index contributed by atoms with van der Waals surface area (Å²) in [6.45, 7) is 6.25. The van der Waals surface area contributed by atoms with Gasteiger partial charge in [0.2, 0.25) is 5.95 Å². The molecule has 0 fully saturated rings. The monoisotopic (exact) mass is 454 g/mol. The summed E-state index contributed by atoms with van der Waals surface area (Å²) < 4.78 is 33.2. The van der Waals surface area contributed by atoms with Crippen LogP contribution in [0.25, 0.3) is 0 Å². The van der Waals surface area contributed by atoms with E-state index >= 15 is 0 Å². The highest BCUT2D eigenvalue weighted by atomic mass is 32.2. The standard InChI is InChI=1S/C23H26N4O4S/c1-4-5-14-31-20-10-6-18(7-11-20)22(28)26-19-8-12-21(13-9-19)32(29,30)27-23-24-16(2)15-17(3)25-23/h6-13,15H,4-5,14H2,1-3H3,(H,26,28)(H,24,25,27). The van der Waals surface area contributed by atoms with Crippen LogP contribution >= 0.6 is 0 Å². The van der Waals surface area contributed by atoms with E-state index in [4.69, 9.17) is 4.74 Å². The van der Waals surface area contributed by atoms with E-state index in [1.54, 1.807) is 44.2 Å². The Balaban J connectivity index is 1.64. The van der Waals surface area contributed by atoms with Gasteiger partial charge in [0, 0.05) is 22.6 Å². The fourth-order valence-electron chi connectivity index (χ4n) is 2.91. The van der Waals surface area contributed by atoms with Gasteiger partial charge in [0.1, 0.15) is 5.75 Å². The summed E-state index contributed by atoms with van der Waals surface area (Å²) in [5.41, 5.74) is 2.26. The molecule has 0 radical (unpaired) electrons. The van der Waals surface area contributed by atoms with Crippen molar-refractivity contribution in [1.29, 1.82) is 0 Å². The smallest absolute Gasteiger partial charge is 0.264 e. The number of rotatable bonds is 9. The summed E-state index contributed by atoms with van der Waals surface area (Å²) in [4.78, 5) is 20.7. The number of amides is 1. The van der Waals surface area contributed by atoms with E-state index in [0.717, 1.165) is 12.8 Å². The van der Waals surface area contributed by atoms with Crippen molar-refractivity contribution in [3.63, 3.8) is 0 Å². The average Bonchev–Trinajstić information content (AvgIpc) is 2.74. The zero-order valence-corrected chi connectivity index (χ0v) is 19.1.